The van der Waals surface area contributed by atoms with Gasteiger partial charge in [0, 0.05) is 0 Å². The fourth-order valence-electron chi connectivity index (χ4n) is 0.916. The Bertz CT molecular complexity index is 174. The Labute approximate surface area is 77.5 Å². The minimum atomic E-state index is -0.867. The minimum absolute atomic E-state index is 0.867. The standard InChI is InChI=1S/C8H9.ClH.Hg/c1-2-8-6-4-3-5-7-8;;/h3-7H,1-2H2;1H;/q;;+1/p-1. The molecule has 0 nitrogen and oxygen atoms in total. The van der Waals surface area contributed by atoms with Gasteiger partial charge in [0.2, 0.25) is 0 Å². The van der Waals surface area contributed by atoms with Gasteiger partial charge in [0.15, 0.2) is 0 Å². The van der Waals surface area contributed by atoms with Crippen LogP contribution in [0.3, 0.4) is 0 Å². The summed E-state index contributed by atoms with van der Waals surface area (Å²) < 4.78 is 1.30. The second-order valence-corrected chi connectivity index (χ2v) is 9.81. The summed E-state index contributed by atoms with van der Waals surface area (Å²) in [7, 11) is 5.77. The summed E-state index contributed by atoms with van der Waals surface area (Å²) in [5.74, 6) is 0. The maximum atomic E-state index is 5.77. The summed E-state index contributed by atoms with van der Waals surface area (Å²) in [6, 6.07) is 10.6. The Morgan fingerprint density at radius 2 is 1.90 bits per heavy atom. The van der Waals surface area contributed by atoms with Gasteiger partial charge in [-0.25, -0.2) is 0 Å². The number of hydrogen-bond donors (Lipinski definition) is 0. The zero-order chi connectivity index (χ0) is 7.23. The Hall–Kier alpha value is 0.445. The van der Waals surface area contributed by atoms with Gasteiger partial charge in [-0.2, -0.15) is 0 Å². The van der Waals surface area contributed by atoms with Crippen molar-refractivity contribution >= 4 is 8.25 Å². The van der Waals surface area contributed by atoms with Gasteiger partial charge >= 0.3 is 77.8 Å². The number of benzene rings is 1. The summed E-state index contributed by atoms with van der Waals surface area (Å²) in [5.41, 5.74) is 1.43. The van der Waals surface area contributed by atoms with E-state index in [2.05, 4.69) is 30.3 Å². The summed E-state index contributed by atoms with van der Waals surface area (Å²) in [6.07, 6.45) is 1.20. The molecule has 0 atom stereocenters. The van der Waals surface area contributed by atoms with Gasteiger partial charge < -0.3 is 0 Å². The number of aryl methyl sites for hydroxylation is 1. The topological polar surface area (TPSA) is 0 Å². The molecule has 0 heterocycles. The van der Waals surface area contributed by atoms with E-state index in [9.17, 15) is 0 Å². The summed E-state index contributed by atoms with van der Waals surface area (Å²) >= 11 is -0.867. The van der Waals surface area contributed by atoms with Crippen LogP contribution < -0.4 is 0 Å². The number of halogens is 1. The molecule has 0 bridgehead atoms. The van der Waals surface area contributed by atoms with E-state index in [0.29, 0.717) is 0 Å². The van der Waals surface area contributed by atoms with Crippen LogP contribution in [-0.4, -0.2) is 0 Å². The molecule has 1 rings (SSSR count). The monoisotopic (exact) mass is 342 g/mol. The van der Waals surface area contributed by atoms with Crippen LogP contribution in [0.1, 0.15) is 5.56 Å². The van der Waals surface area contributed by atoms with Crippen LogP contribution in [0.25, 0.3) is 0 Å². The summed E-state index contributed by atoms with van der Waals surface area (Å²) in [6.45, 7) is 0. The van der Waals surface area contributed by atoms with Gasteiger partial charge in [-0.1, -0.05) is 0 Å². The Morgan fingerprint density at radius 3 is 2.50 bits per heavy atom. The quantitative estimate of drug-likeness (QED) is 0.742. The average Bonchev–Trinajstić information content (AvgIpc) is 2.03. The summed E-state index contributed by atoms with van der Waals surface area (Å²) in [4.78, 5) is 0. The molecule has 0 aliphatic rings. The molecule has 1 aromatic carbocycles. The van der Waals surface area contributed by atoms with E-state index < -0.39 is 23.3 Å². The molecule has 0 aromatic heterocycles. The zero-order valence-corrected chi connectivity index (χ0v) is 12.1. The average molecular weight is 341 g/mol. The van der Waals surface area contributed by atoms with E-state index in [1.807, 2.05) is 0 Å². The Morgan fingerprint density at radius 1 is 1.20 bits per heavy atom. The zero-order valence-electron chi connectivity index (χ0n) is 5.89. The van der Waals surface area contributed by atoms with Gasteiger partial charge in [0.05, 0.1) is 0 Å². The van der Waals surface area contributed by atoms with E-state index in [1.54, 1.807) is 0 Å². The predicted molar refractivity (Wildman–Crippen MR) is 40.8 cm³/mol. The Kier molecular flexibility index (Phi) is 4.39. The molecular formula is C8H9ClHg. The first-order valence-corrected chi connectivity index (χ1v) is 14.2. The van der Waals surface area contributed by atoms with E-state index in [-0.39, 0.29) is 0 Å². The first-order valence-electron chi connectivity index (χ1n) is 3.53. The Balaban J connectivity index is 2.43. The molecule has 0 fully saturated rings. The molecule has 0 N–H and O–H groups in total. The van der Waals surface area contributed by atoms with Crippen molar-refractivity contribution < 1.29 is 23.3 Å². The van der Waals surface area contributed by atoms with Crippen molar-refractivity contribution in [3.63, 3.8) is 0 Å². The molecular weight excluding hydrogens is 332 g/mol. The molecule has 10 heavy (non-hydrogen) atoms. The molecule has 0 saturated heterocycles. The molecule has 50 valence electrons. The van der Waals surface area contributed by atoms with Crippen molar-refractivity contribution in [1.29, 1.82) is 0 Å². The van der Waals surface area contributed by atoms with Crippen LogP contribution in [0.5, 0.6) is 0 Å². The van der Waals surface area contributed by atoms with Crippen LogP contribution in [-0.2, 0) is 29.8 Å². The molecule has 0 amide bonds. The van der Waals surface area contributed by atoms with E-state index in [4.69, 9.17) is 8.25 Å². The molecule has 0 aliphatic carbocycles. The summed E-state index contributed by atoms with van der Waals surface area (Å²) in [5, 5.41) is 0. The van der Waals surface area contributed by atoms with Gasteiger partial charge in [0.25, 0.3) is 0 Å². The van der Waals surface area contributed by atoms with Crippen molar-refractivity contribution in [2.24, 2.45) is 0 Å². The van der Waals surface area contributed by atoms with Gasteiger partial charge in [0.1, 0.15) is 0 Å². The van der Waals surface area contributed by atoms with E-state index >= 15 is 0 Å². The number of rotatable bonds is 3. The van der Waals surface area contributed by atoms with Crippen molar-refractivity contribution in [3.05, 3.63) is 35.9 Å². The van der Waals surface area contributed by atoms with E-state index in [0.717, 1.165) is 0 Å². The first kappa shape index (κ1) is 8.54. The normalized spacial score (nSPS) is 8.90. The fourth-order valence-corrected chi connectivity index (χ4v) is 4.19. The maximum absolute atomic E-state index is 5.77. The van der Waals surface area contributed by atoms with Gasteiger partial charge in [-0.15, -0.1) is 0 Å². The third-order valence-electron chi connectivity index (χ3n) is 1.44. The van der Waals surface area contributed by atoms with Crippen LogP contribution in [0.15, 0.2) is 30.3 Å². The SMILES string of the molecule is [Cl][Hg][CH2]Cc1ccccc1. The fraction of sp³-hybridized carbons (Fsp3) is 0.250. The molecule has 1 aromatic rings. The molecule has 0 radical (unpaired) electrons. The van der Waals surface area contributed by atoms with Gasteiger partial charge in [-0.3, -0.25) is 0 Å². The molecule has 0 spiro atoms. The third kappa shape index (κ3) is 3.02. The van der Waals surface area contributed by atoms with Crippen LogP contribution >= 0.6 is 8.25 Å². The predicted octanol–water partition coefficient (Wildman–Crippen LogP) is 2.88. The van der Waals surface area contributed by atoms with Crippen molar-refractivity contribution in [2.75, 3.05) is 0 Å². The van der Waals surface area contributed by atoms with Crippen LogP contribution in [0.4, 0.5) is 0 Å². The van der Waals surface area contributed by atoms with Crippen LogP contribution in [0, 0.1) is 0 Å². The first-order chi connectivity index (χ1) is 4.93. The molecule has 0 aliphatic heterocycles. The van der Waals surface area contributed by atoms with Crippen LogP contribution in [0.2, 0.25) is 3.93 Å². The third-order valence-corrected chi connectivity index (χ3v) is 6.20. The van der Waals surface area contributed by atoms with Crippen molar-refractivity contribution in [1.82, 2.24) is 0 Å². The van der Waals surface area contributed by atoms with E-state index in [1.165, 1.54) is 15.9 Å². The van der Waals surface area contributed by atoms with Crippen molar-refractivity contribution in [3.8, 4) is 0 Å². The van der Waals surface area contributed by atoms with Gasteiger partial charge in [-0.05, 0) is 0 Å². The van der Waals surface area contributed by atoms with Crippen molar-refractivity contribution in [2.45, 2.75) is 10.4 Å². The molecule has 2 heteroatoms. The second-order valence-electron chi connectivity index (χ2n) is 2.28. The molecule has 0 saturated carbocycles. The second kappa shape index (κ2) is 5.14. The number of hydrogen-bond acceptors (Lipinski definition) is 0. The molecule has 0 unspecified atom stereocenters.